The van der Waals surface area contributed by atoms with E-state index >= 15 is 0 Å². The summed E-state index contributed by atoms with van der Waals surface area (Å²) in [5.41, 5.74) is 0. The minimum absolute atomic E-state index is 0.432. The molecule has 0 radical (unpaired) electrons. The Balaban J connectivity index is 3.48. The number of rotatable bonds is 9. The molecule has 0 aliphatic rings. The SMILES string of the molecule is CCCCCCOC(=O)OC(CCC)OC. The van der Waals surface area contributed by atoms with Gasteiger partial charge in [0, 0.05) is 13.5 Å². The largest absolute Gasteiger partial charge is 0.510 e. The van der Waals surface area contributed by atoms with Crippen molar-refractivity contribution < 1.29 is 19.0 Å². The van der Waals surface area contributed by atoms with Crippen LogP contribution in [0.4, 0.5) is 4.79 Å². The molecule has 0 saturated carbocycles. The molecule has 0 aliphatic heterocycles. The van der Waals surface area contributed by atoms with Crippen molar-refractivity contribution in [2.24, 2.45) is 0 Å². The predicted octanol–water partition coefficient (Wildman–Crippen LogP) is 3.49. The fourth-order valence-electron chi connectivity index (χ4n) is 1.29. The van der Waals surface area contributed by atoms with Crippen molar-refractivity contribution in [3.8, 4) is 0 Å². The molecular weight excluding hydrogens is 208 g/mol. The second-order valence-electron chi connectivity index (χ2n) is 3.73. The average molecular weight is 232 g/mol. The first-order valence-electron chi connectivity index (χ1n) is 6.10. The first-order chi connectivity index (χ1) is 7.74. The van der Waals surface area contributed by atoms with Crippen LogP contribution in [0.5, 0.6) is 0 Å². The van der Waals surface area contributed by atoms with E-state index in [1.54, 1.807) is 0 Å². The van der Waals surface area contributed by atoms with Gasteiger partial charge in [0.2, 0.25) is 6.29 Å². The Morgan fingerprint density at radius 1 is 1.12 bits per heavy atom. The Morgan fingerprint density at radius 3 is 2.44 bits per heavy atom. The molecule has 0 aliphatic carbocycles. The van der Waals surface area contributed by atoms with E-state index in [0.717, 1.165) is 19.3 Å². The van der Waals surface area contributed by atoms with Crippen molar-refractivity contribution in [1.82, 2.24) is 0 Å². The highest BCUT2D eigenvalue weighted by atomic mass is 16.8. The van der Waals surface area contributed by atoms with Gasteiger partial charge in [0.1, 0.15) is 0 Å². The van der Waals surface area contributed by atoms with Gasteiger partial charge in [-0.15, -0.1) is 0 Å². The lowest BCUT2D eigenvalue weighted by molar-refractivity contribution is -0.107. The highest BCUT2D eigenvalue weighted by Gasteiger charge is 2.13. The van der Waals surface area contributed by atoms with Crippen LogP contribution in [0, 0.1) is 0 Å². The molecule has 1 atom stereocenters. The Kier molecular flexibility index (Phi) is 10.2. The monoisotopic (exact) mass is 232 g/mol. The van der Waals surface area contributed by atoms with Crippen molar-refractivity contribution in [2.75, 3.05) is 13.7 Å². The average Bonchev–Trinajstić information content (AvgIpc) is 2.28. The van der Waals surface area contributed by atoms with Gasteiger partial charge in [-0.2, -0.15) is 0 Å². The van der Waals surface area contributed by atoms with Crippen molar-refractivity contribution >= 4 is 6.16 Å². The van der Waals surface area contributed by atoms with E-state index in [9.17, 15) is 4.79 Å². The number of carbonyl (C=O) groups is 1. The first kappa shape index (κ1) is 15.2. The normalized spacial score (nSPS) is 12.2. The zero-order valence-electron chi connectivity index (χ0n) is 10.7. The minimum atomic E-state index is -0.628. The fraction of sp³-hybridized carbons (Fsp3) is 0.917. The van der Waals surface area contributed by atoms with Crippen LogP contribution in [0.2, 0.25) is 0 Å². The van der Waals surface area contributed by atoms with Crippen molar-refractivity contribution in [3.63, 3.8) is 0 Å². The van der Waals surface area contributed by atoms with Gasteiger partial charge in [0.15, 0.2) is 0 Å². The Bertz CT molecular complexity index is 170. The molecule has 0 fully saturated rings. The standard InChI is InChI=1S/C12H24O4/c1-4-6-7-8-10-15-12(13)16-11(14-3)9-5-2/h11H,4-10H2,1-3H3. The lowest BCUT2D eigenvalue weighted by atomic mass is 10.2. The van der Waals surface area contributed by atoms with Crippen molar-refractivity contribution in [2.45, 2.75) is 58.7 Å². The van der Waals surface area contributed by atoms with E-state index in [-0.39, 0.29) is 0 Å². The summed E-state index contributed by atoms with van der Waals surface area (Å²) >= 11 is 0. The third-order valence-electron chi connectivity index (χ3n) is 2.23. The molecule has 0 amide bonds. The molecule has 0 rings (SSSR count). The van der Waals surface area contributed by atoms with Crippen LogP contribution >= 0.6 is 0 Å². The van der Waals surface area contributed by atoms with Crippen molar-refractivity contribution in [1.29, 1.82) is 0 Å². The summed E-state index contributed by atoms with van der Waals surface area (Å²) in [7, 11) is 1.52. The molecule has 0 bridgehead atoms. The van der Waals surface area contributed by atoms with Crippen LogP contribution in [0.1, 0.15) is 52.4 Å². The van der Waals surface area contributed by atoms with Crippen LogP contribution < -0.4 is 0 Å². The number of unbranched alkanes of at least 4 members (excludes halogenated alkanes) is 3. The molecule has 4 heteroatoms. The van der Waals surface area contributed by atoms with E-state index in [0.29, 0.717) is 13.0 Å². The summed E-state index contributed by atoms with van der Waals surface area (Å²) in [5, 5.41) is 0. The van der Waals surface area contributed by atoms with Crippen LogP contribution in [0.25, 0.3) is 0 Å². The highest BCUT2D eigenvalue weighted by molar-refractivity contribution is 5.59. The molecule has 0 saturated heterocycles. The van der Waals surface area contributed by atoms with E-state index in [1.807, 2.05) is 6.92 Å². The molecule has 0 heterocycles. The molecule has 1 unspecified atom stereocenters. The maximum atomic E-state index is 11.2. The predicted molar refractivity (Wildman–Crippen MR) is 62.3 cm³/mol. The smallest absolute Gasteiger partial charge is 0.434 e. The summed E-state index contributed by atoms with van der Waals surface area (Å²) < 4.78 is 14.9. The van der Waals surface area contributed by atoms with Gasteiger partial charge < -0.3 is 14.2 Å². The van der Waals surface area contributed by atoms with Crippen molar-refractivity contribution in [3.05, 3.63) is 0 Å². The maximum Gasteiger partial charge on any atom is 0.510 e. The lowest BCUT2D eigenvalue weighted by Gasteiger charge is -2.14. The third-order valence-corrected chi connectivity index (χ3v) is 2.23. The quantitative estimate of drug-likeness (QED) is 0.347. The van der Waals surface area contributed by atoms with E-state index < -0.39 is 12.4 Å². The Hall–Kier alpha value is -0.770. The number of carbonyl (C=O) groups excluding carboxylic acids is 1. The van der Waals surface area contributed by atoms with Gasteiger partial charge in [0.05, 0.1) is 6.61 Å². The van der Waals surface area contributed by atoms with E-state index in [1.165, 1.54) is 20.0 Å². The van der Waals surface area contributed by atoms with Crippen LogP contribution in [-0.4, -0.2) is 26.2 Å². The first-order valence-corrected chi connectivity index (χ1v) is 6.10. The zero-order chi connectivity index (χ0) is 12.2. The molecule has 96 valence electrons. The molecule has 0 aromatic carbocycles. The van der Waals surface area contributed by atoms with Crippen LogP contribution in [0.3, 0.4) is 0 Å². The zero-order valence-corrected chi connectivity index (χ0v) is 10.7. The molecule has 4 nitrogen and oxygen atoms in total. The summed E-state index contributed by atoms with van der Waals surface area (Å²) in [6, 6.07) is 0. The van der Waals surface area contributed by atoms with Crippen LogP contribution in [-0.2, 0) is 14.2 Å². The summed E-state index contributed by atoms with van der Waals surface area (Å²) in [4.78, 5) is 11.2. The number of hydrogen-bond acceptors (Lipinski definition) is 4. The summed E-state index contributed by atoms with van der Waals surface area (Å²) in [6.45, 7) is 4.58. The van der Waals surface area contributed by atoms with Gasteiger partial charge in [-0.1, -0.05) is 39.5 Å². The molecule has 16 heavy (non-hydrogen) atoms. The molecular formula is C12H24O4. The number of ether oxygens (including phenoxy) is 3. The topological polar surface area (TPSA) is 44.8 Å². The van der Waals surface area contributed by atoms with E-state index in [4.69, 9.17) is 14.2 Å². The molecule has 0 aromatic heterocycles. The highest BCUT2D eigenvalue weighted by Crippen LogP contribution is 2.05. The molecule has 0 aromatic rings. The Morgan fingerprint density at radius 2 is 1.88 bits per heavy atom. The van der Waals surface area contributed by atoms with Gasteiger partial charge >= 0.3 is 6.16 Å². The fourth-order valence-corrected chi connectivity index (χ4v) is 1.29. The van der Waals surface area contributed by atoms with Gasteiger partial charge in [-0.25, -0.2) is 4.79 Å². The van der Waals surface area contributed by atoms with Crippen LogP contribution in [0.15, 0.2) is 0 Å². The second-order valence-corrected chi connectivity index (χ2v) is 3.73. The molecule has 0 N–H and O–H groups in total. The summed E-state index contributed by atoms with van der Waals surface area (Å²) in [6.07, 6.45) is 4.83. The van der Waals surface area contributed by atoms with Gasteiger partial charge in [0.25, 0.3) is 0 Å². The third kappa shape index (κ3) is 8.53. The van der Waals surface area contributed by atoms with Gasteiger partial charge in [-0.05, 0) is 6.42 Å². The Labute approximate surface area is 98.3 Å². The summed E-state index contributed by atoms with van der Waals surface area (Å²) in [5.74, 6) is 0. The second kappa shape index (κ2) is 10.7. The maximum absolute atomic E-state index is 11.2. The number of methoxy groups -OCH3 is 1. The number of hydrogen-bond donors (Lipinski definition) is 0. The minimum Gasteiger partial charge on any atom is -0.434 e. The molecule has 0 spiro atoms. The van der Waals surface area contributed by atoms with Gasteiger partial charge in [-0.3, -0.25) is 0 Å². The van der Waals surface area contributed by atoms with E-state index in [2.05, 4.69) is 6.92 Å². The lowest BCUT2D eigenvalue weighted by Crippen LogP contribution is -2.20.